The van der Waals surface area contributed by atoms with Crippen LogP contribution in [0.3, 0.4) is 0 Å². The van der Waals surface area contributed by atoms with E-state index in [9.17, 15) is 0 Å². The van der Waals surface area contributed by atoms with E-state index >= 15 is 0 Å². The van der Waals surface area contributed by atoms with Crippen molar-refractivity contribution in [1.82, 2.24) is 5.32 Å². The first-order chi connectivity index (χ1) is 4.75. The van der Waals surface area contributed by atoms with Gasteiger partial charge in [-0.25, -0.2) is 0 Å². The third kappa shape index (κ3) is 1.24. The molecule has 0 unspecified atom stereocenters. The van der Waals surface area contributed by atoms with E-state index in [1.54, 1.807) is 7.05 Å². The molecule has 1 radical (unpaired) electrons. The van der Waals surface area contributed by atoms with Gasteiger partial charge < -0.3 is 0 Å². The van der Waals surface area contributed by atoms with E-state index in [-0.39, 0.29) is 0 Å². The fourth-order valence-electron chi connectivity index (χ4n) is 0.838. The molecule has 0 saturated carbocycles. The van der Waals surface area contributed by atoms with Crippen molar-refractivity contribution < 1.29 is 0 Å². The smallest absolute Gasteiger partial charge is 0.0614 e. The Balaban J connectivity index is 3.14. The maximum atomic E-state index is 5.83. The molecule has 0 spiro atoms. The number of benzene rings is 1. The van der Waals surface area contributed by atoms with E-state index in [4.69, 9.17) is 11.6 Å². The molecule has 0 atom stereocenters. The quantitative estimate of drug-likeness (QED) is 0.590. The van der Waals surface area contributed by atoms with Crippen LogP contribution < -0.4 is 5.32 Å². The van der Waals surface area contributed by atoms with Crippen molar-refractivity contribution in [2.24, 2.45) is 0 Å². The number of hydrogen-bond acceptors (Lipinski definition) is 0. The highest BCUT2D eigenvalue weighted by atomic mass is 35.5. The Hall–Kier alpha value is -0.690. The van der Waals surface area contributed by atoms with Crippen LogP contribution in [0, 0.1) is 6.92 Å². The van der Waals surface area contributed by atoms with Gasteiger partial charge in [0.05, 0.1) is 5.69 Å². The van der Waals surface area contributed by atoms with Gasteiger partial charge in [-0.15, -0.1) is 0 Å². The number of rotatable bonds is 1. The highest BCUT2D eigenvalue weighted by Gasteiger charge is 1.98. The van der Waals surface area contributed by atoms with Crippen LogP contribution in [0.5, 0.6) is 0 Å². The minimum atomic E-state index is 0.781. The van der Waals surface area contributed by atoms with Crippen molar-refractivity contribution in [2.45, 2.75) is 6.92 Å². The van der Waals surface area contributed by atoms with Gasteiger partial charge >= 0.3 is 0 Å². The van der Waals surface area contributed by atoms with Crippen LogP contribution >= 0.6 is 11.6 Å². The molecule has 0 aliphatic rings. The van der Waals surface area contributed by atoms with E-state index in [2.05, 4.69) is 5.32 Å². The van der Waals surface area contributed by atoms with Crippen LogP contribution in [0.1, 0.15) is 5.56 Å². The fraction of sp³-hybridized carbons (Fsp3) is 0.250. The highest BCUT2D eigenvalue weighted by molar-refractivity contribution is 6.31. The lowest BCUT2D eigenvalue weighted by molar-refractivity contribution is 1.07. The molecule has 0 bridgehead atoms. The van der Waals surface area contributed by atoms with Crippen molar-refractivity contribution in [1.29, 1.82) is 0 Å². The Morgan fingerprint density at radius 2 is 2.10 bits per heavy atom. The molecule has 1 rings (SSSR count). The third-order valence-electron chi connectivity index (χ3n) is 1.48. The average Bonchev–Trinajstić information content (AvgIpc) is 1.95. The van der Waals surface area contributed by atoms with Crippen molar-refractivity contribution >= 4 is 17.3 Å². The van der Waals surface area contributed by atoms with Gasteiger partial charge in [-0.3, -0.25) is 5.32 Å². The first-order valence-electron chi connectivity index (χ1n) is 3.10. The van der Waals surface area contributed by atoms with Gasteiger partial charge in [-0.2, -0.15) is 0 Å². The second-order valence-electron chi connectivity index (χ2n) is 2.11. The predicted octanol–water partition coefficient (Wildman–Crippen LogP) is 2.51. The fourth-order valence-corrected chi connectivity index (χ4v) is 1.01. The van der Waals surface area contributed by atoms with E-state index in [0.717, 1.165) is 16.3 Å². The molecule has 0 aromatic heterocycles. The summed E-state index contributed by atoms with van der Waals surface area (Å²) in [6.07, 6.45) is 0. The maximum absolute atomic E-state index is 5.83. The zero-order chi connectivity index (χ0) is 7.56. The summed E-state index contributed by atoms with van der Waals surface area (Å²) in [7, 11) is 1.76. The minimum Gasteiger partial charge on any atom is -0.288 e. The SMILES string of the molecule is C[N]c1cccc(Cl)c1C. The van der Waals surface area contributed by atoms with E-state index in [1.807, 2.05) is 25.1 Å². The van der Waals surface area contributed by atoms with Gasteiger partial charge in [-0.1, -0.05) is 17.7 Å². The van der Waals surface area contributed by atoms with Crippen LogP contribution in [0.2, 0.25) is 5.02 Å². The van der Waals surface area contributed by atoms with Crippen LogP contribution in [0.25, 0.3) is 0 Å². The lowest BCUT2D eigenvalue weighted by Gasteiger charge is -2.02. The number of hydrogen-bond donors (Lipinski definition) is 0. The van der Waals surface area contributed by atoms with Gasteiger partial charge in [0.15, 0.2) is 0 Å². The van der Waals surface area contributed by atoms with Crippen LogP contribution in [0.4, 0.5) is 5.69 Å². The summed E-state index contributed by atoms with van der Waals surface area (Å²) >= 11 is 5.83. The van der Waals surface area contributed by atoms with Gasteiger partial charge in [0.2, 0.25) is 0 Å². The third-order valence-corrected chi connectivity index (χ3v) is 1.89. The molecule has 0 fully saturated rings. The average molecular weight is 155 g/mol. The molecule has 1 aromatic carbocycles. The Labute approximate surface area is 66.0 Å². The molecule has 10 heavy (non-hydrogen) atoms. The highest BCUT2D eigenvalue weighted by Crippen LogP contribution is 2.21. The lowest BCUT2D eigenvalue weighted by Crippen LogP contribution is -1.89. The van der Waals surface area contributed by atoms with Crippen molar-refractivity contribution in [2.75, 3.05) is 7.05 Å². The van der Waals surface area contributed by atoms with Crippen molar-refractivity contribution in [3.8, 4) is 0 Å². The molecular weight excluding hydrogens is 146 g/mol. The predicted molar refractivity (Wildman–Crippen MR) is 43.9 cm³/mol. The Kier molecular flexibility index (Phi) is 2.17. The number of halogens is 1. The Bertz CT molecular complexity index is 233. The zero-order valence-corrected chi connectivity index (χ0v) is 6.81. The van der Waals surface area contributed by atoms with E-state index < -0.39 is 0 Å². The molecular formula is C8H9ClN. The monoisotopic (exact) mass is 154 g/mol. The van der Waals surface area contributed by atoms with Gasteiger partial charge in [-0.05, 0) is 24.6 Å². The molecule has 0 N–H and O–H groups in total. The molecule has 0 amide bonds. The molecule has 1 nitrogen and oxygen atoms in total. The zero-order valence-electron chi connectivity index (χ0n) is 6.06. The summed E-state index contributed by atoms with van der Waals surface area (Å²) in [4.78, 5) is 0. The normalized spacial score (nSPS) is 9.50. The molecule has 2 heteroatoms. The molecule has 0 aliphatic heterocycles. The second-order valence-corrected chi connectivity index (χ2v) is 2.51. The summed E-state index contributed by atoms with van der Waals surface area (Å²) in [5, 5.41) is 4.83. The summed E-state index contributed by atoms with van der Waals surface area (Å²) in [5.41, 5.74) is 2.01. The first kappa shape index (κ1) is 7.42. The Morgan fingerprint density at radius 1 is 1.40 bits per heavy atom. The topological polar surface area (TPSA) is 14.1 Å². The van der Waals surface area contributed by atoms with Crippen LogP contribution in [-0.4, -0.2) is 7.05 Å². The summed E-state index contributed by atoms with van der Waals surface area (Å²) in [6.45, 7) is 1.96. The summed E-state index contributed by atoms with van der Waals surface area (Å²) < 4.78 is 0. The lowest BCUT2D eigenvalue weighted by atomic mass is 10.2. The first-order valence-corrected chi connectivity index (χ1v) is 3.48. The Morgan fingerprint density at radius 3 is 2.60 bits per heavy atom. The molecule has 0 aliphatic carbocycles. The van der Waals surface area contributed by atoms with Gasteiger partial charge in [0, 0.05) is 12.1 Å². The molecule has 1 aromatic rings. The van der Waals surface area contributed by atoms with E-state index in [1.165, 1.54) is 0 Å². The minimum absolute atomic E-state index is 0.781. The van der Waals surface area contributed by atoms with Crippen LogP contribution in [0.15, 0.2) is 18.2 Å². The molecule has 0 saturated heterocycles. The summed E-state index contributed by atoms with van der Waals surface area (Å²) in [5.74, 6) is 0. The second kappa shape index (κ2) is 2.93. The molecule has 53 valence electrons. The largest absolute Gasteiger partial charge is 0.288 e. The summed E-state index contributed by atoms with van der Waals surface area (Å²) in [6, 6.07) is 5.71. The maximum Gasteiger partial charge on any atom is 0.0614 e. The van der Waals surface area contributed by atoms with E-state index in [0.29, 0.717) is 0 Å². The van der Waals surface area contributed by atoms with Crippen molar-refractivity contribution in [3.63, 3.8) is 0 Å². The van der Waals surface area contributed by atoms with Gasteiger partial charge in [0.1, 0.15) is 0 Å². The van der Waals surface area contributed by atoms with Crippen molar-refractivity contribution in [3.05, 3.63) is 28.8 Å². The number of nitrogens with zero attached hydrogens (tertiary/aromatic N) is 1. The molecule has 0 heterocycles. The van der Waals surface area contributed by atoms with Gasteiger partial charge in [0.25, 0.3) is 0 Å². The van der Waals surface area contributed by atoms with Crippen LogP contribution in [-0.2, 0) is 0 Å². The standard InChI is InChI=1S/C8H9ClN/c1-6-7(9)4-3-5-8(6)10-2/h3-5H,1-2H3.